The van der Waals surface area contributed by atoms with Gasteiger partial charge in [0.05, 0.1) is 5.75 Å². The van der Waals surface area contributed by atoms with Crippen LogP contribution in [0.4, 0.5) is 0 Å². The SMILES string of the molecule is CN=C(NCCC(=O)N1CCc2sccc2C1)NC(C)CCS(C)(=O)=O.I. The van der Waals surface area contributed by atoms with E-state index in [0.717, 1.165) is 13.0 Å². The van der Waals surface area contributed by atoms with Crippen LogP contribution >= 0.6 is 35.3 Å². The Morgan fingerprint density at radius 3 is 2.85 bits per heavy atom. The van der Waals surface area contributed by atoms with Crippen molar-refractivity contribution < 1.29 is 13.2 Å². The molecule has 1 aromatic rings. The standard InChI is InChI=1S/C17H28N4O3S2.HI/c1-13(7-11-26(3,23)24)20-17(18-2)19-8-4-16(22)21-9-5-15-14(12-21)6-10-25-15;/h6,10,13H,4-5,7-9,11-12H2,1-3H3,(H2,18,19,20);1H. The van der Waals surface area contributed by atoms with Crippen LogP contribution in [0.5, 0.6) is 0 Å². The van der Waals surface area contributed by atoms with Gasteiger partial charge in [0, 0.05) is 50.3 Å². The third kappa shape index (κ3) is 8.34. The van der Waals surface area contributed by atoms with Crippen molar-refractivity contribution in [3.05, 3.63) is 21.9 Å². The zero-order chi connectivity index (χ0) is 19.2. The maximum atomic E-state index is 12.4. The molecule has 27 heavy (non-hydrogen) atoms. The highest BCUT2D eigenvalue weighted by Crippen LogP contribution is 2.24. The molecular weight excluding hydrogens is 499 g/mol. The average Bonchev–Trinajstić information content (AvgIpc) is 3.06. The molecule has 0 saturated heterocycles. The van der Waals surface area contributed by atoms with Crippen molar-refractivity contribution in [3.8, 4) is 0 Å². The fourth-order valence-electron chi connectivity index (χ4n) is 2.80. The van der Waals surface area contributed by atoms with Crippen LogP contribution < -0.4 is 10.6 Å². The predicted molar refractivity (Wildman–Crippen MR) is 122 cm³/mol. The summed E-state index contributed by atoms with van der Waals surface area (Å²) in [6.45, 7) is 3.88. The molecule has 2 rings (SSSR count). The molecule has 1 atom stereocenters. The molecule has 1 aliphatic heterocycles. The lowest BCUT2D eigenvalue weighted by atomic mass is 10.1. The third-order valence-corrected chi connectivity index (χ3v) is 6.32. The zero-order valence-electron chi connectivity index (χ0n) is 16.0. The second-order valence-electron chi connectivity index (χ2n) is 6.65. The van der Waals surface area contributed by atoms with Gasteiger partial charge in [0.25, 0.3) is 0 Å². The number of sulfone groups is 1. The van der Waals surface area contributed by atoms with E-state index in [4.69, 9.17) is 0 Å². The lowest BCUT2D eigenvalue weighted by Crippen LogP contribution is -2.44. The molecule has 1 aromatic heterocycles. The highest BCUT2D eigenvalue weighted by atomic mass is 127. The van der Waals surface area contributed by atoms with E-state index in [1.165, 1.54) is 16.7 Å². The number of hydrogen-bond donors (Lipinski definition) is 2. The molecule has 1 amide bonds. The van der Waals surface area contributed by atoms with Gasteiger partial charge in [0.15, 0.2) is 5.96 Å². The fourth-order valence-corrected chi connectivity index (χ4v) is 4.47. The first-order chi connectivity index (χ1) is 12.3. The second-order valence-corrected chi connectivity index (χ2v) is 9.91. The average molecular weight is 528 g/mol. The van der Waals surface area contributed by atoms with Gasteiger partial charge in [-0.05, 0) is 36.8 Å². The van der Waals surface area contributed by atoms with Crippen LogP contribution in [0.1, 0.15) is 30.2 Å². The topological polar surface area (TPSA) is 90.9 Å². The minimum Gasteiger partial charge on any atom is -0.356 e. The van der Waals surface area contributed by atoms with E-state index >= 15 is 0 Å². The van der Waals surface area contributed by atoms with E-state index in [1.54, 1.807) is 18.4 Å². The van der Waals surface area contributed by atoms with E-state index in [1.807, 2.05) is 11.8 Å². The number of thiophene rings is 1. The largest absolute Gasteiger partial charge is 0.356 e. The first-order valence-electron chi connectivity index (χ1n) is 8.76. The minimum absolute atomic E-state index is 0. The van der Waals surface area contributed by atoms with Crippen LogP contribution in [-0.4, -0.2) is 63.4 Å². The molecule has 0 aromatic carbocycles. The molecule has 0 radical (unpaired) electrons. The van der Waals surface area contributed by atoms with Gasteiger partial charge >= 0.3 is 0 Å². The number of carbonyl (C=O) groups excluding carboxylic acids is 1. The Morgan fingerprint density at radius 1 is 1.44 bits per heavy atom. The molecule has 0 aliphatic carbocycles. The van der Waals surface area contributed by atoms with Crippen molar-refractivity contribution in [2.24, 2.45) is 4.99 Å². The number of carbonyl (C=O) groups is 1. The smallest absolute Gasteiger partial charge is 0.224 e. The van der Waals surface area contributed by atoms with Crippen molar-refractivity contribution in [2.75, 3.05) is 32.1 Å². The molecule has 2 heterocycles. The van der Waals surface area contributed by atoms with Gasteiger partial charge in [-0.2, -0.15) is 0 Å². The lowest BCUT2D eigenvalue weighted by Gasteiger charge is -2.27. The Labute approximate surface area is 182 Å². The van der Waals surface area contributed by atoms with E-state index in [-0.39, 0.29) is 41.7 Å². The molecule has 0 fully saturated rings. The van der Waals surface area contributed by atoms with E-state index in [0.29, 0.717) is 31.9 Å². The summed E-state index contributed by atoms with van der Waals surface area (Å²) in [6.07, 6.45) is 3.08. The van der Waals surface area contributed by atoms with Crippen molar-refractivity contribution in [3.63, 3.8) is 0 Å². The molecule has 1 unspecified atom stereocenters. The number of fused-ring (bicyclic) bond motifs is 1. The van der Waals surface area contributed by atoms with Gasteiger partial charge in [0.2, 0.25) is 5.91 Å². The number of hydrogen-bond acceptors (Lipinski definition) is 5. The maximum absolute atomic E-state index is 12.4. The summed E-state index contributed by atoms with van der Waals surface area (Å²) in [6, 6.07) is 2.08. The van der Waals surface area contributed by atoms with Gasteiger partial charge in [-0.15, -0.1) is 35.3 Å². The molecule has 154 valence electrons. The molecule has 1 aliphatic rings. The Kier molecular flexibility index (Phi) is 10.0. The molecular formula is C17H29IN4O3S2. The van der Waals surface area contributed by atoms with Crippen molar-refractivity contribution >= 4 is 57.0 Å². The molecule has 10 heteroatoms. The summed E-state index contributed by atoms with van der Waals surface area (Å²) in [4.78, 5) is 19.8. The minimum atomic E-state index is -2.97. The number of nitrogens with one attached hydrogen (secondary N) is 2. The van der Waals surface area contributed by atoms with E-state index < -0.39 is 9.84 Å². The van der Waals surface area contributed by atoms with Crippen LogP contribution in [0.2, 0.25) is 0 Å². The second kappa shape index (κ2) is 11.2. The Morgan fingerprint density at radius 2 is 2.19 bits per heavy atom. The van der Waals surface area contributed by atoms with E-state index in [9.17, 15) is 13.2 Å². The summed E-state index contributed by atoms with van der Waals surface area (Å²) in [5.41, 5.74) is 1.26. The van der Waals surface area contributed by atoms with Crippen molar-refractivity contribution in [1.29, 1.82) is 0 Å². The number of nitrogens with zero attached hydrogens (tertiary/aromatic N) is 2. The fraction of sp³-hybridized carbons (Fsp3) is 0.647. The normalized spacial score (nSPS) is 15.5. The third-order valence-electron chi connectivity index (χ3n) is 4.32. The lowest BCUT2D eigenvalue weighted by molar-refractivity contribution is -0.131. The predicted octanol–water partition coefficient (Wildman–Crippen LogP) is 1.63. The first-order valence-corrected chi connectivity index (χ1v) is 11.7. The van der Waals surface area contributed by atoms with Gasteiger partial charge in [-0.25, -0.2) is 8.42 Å². The Balaban J connectivity index is 0.00000364. The van der Waals surface area contributed by atoms with Crippen LogP contribution in [0.3, 0.4) is 0 Å². The van der Waals surface area contributed by atoms with Crippen LogP contribution in [0.25, 0.3) is 0 Å². The Hall–Kier alpha value is -0.880. The monoisotopic (exact) mass is 528 g/mol. The summed E-state index contributed by atoms with van der Waals surface area (Å²) in [7, 11) is -1.31. The highest BCUT2D eigenvalue weighted by Gasteiger charge is 2.21. The number of guanidine groups is 1. The van der Waals surface area contributed by atoms with Gasteiger partial charge in [-0.3, -0.25) is 9.79 Å². The zero-order valence-corrected chi connectivity index (χ0v) is 20.0. The van der Waals surface area contributed by atoms with E-state index in [2.05, 4.69) is 27.1 Å². The Bertz CT molecular complexity index is 749. The van der Waals surface area contributed by atoms with Crippen molar-refractivity contribution in [1.82, 2.24) is 15.5 Å². The molecule has 0 bridgehead atoms. The summed E-state index contributed by atoms with van der Waals surface area (Å²) < 4.78 is 22.5. The van der Waals surface area contributed by atoms with Gasteiger partial charge in [0.1, 0.15) is 9.84 Å². The molecule has 7 nitrogen and oxygen atoms in total. The maximum Gasteiger partial charge on any atom is 0.224 e. The summed E-state index contributed by atoms with van der Waals surface area (Å²) in [5, 5.41) is 8.36. The molecule has 0 saturated carbocycles. The van der Waals surface area contributed by atoms with Crippen LogP contribution in [0, 0.1) is 0 Å². The van der Waals surface area contributed by atoms with Crippen molar-refractivity contribution in [2.45, 2.75) is 38.8 Å². The van der Waals surface area contributed by atoms with Crippen LogP contribution in [-0.2, 0) is 27.6 Å². The number of halogens is 1. The molecule has 0 spiro atoms. The quantitative estimate of drug-likeness (QED) is 0.319. The molecule has 2 N–H and O–H groups in total. The van der Waals surface area contributed by atoms with Crippen LogP contribution in [0.15, 0.2) is 16.4 Å². The summed E-state index contributed by atoms with van der Waals surface area (Å²) >= 11 is 1.76. The van der Waals surface area contributed by atoms with Gasteiger partial charge in [-0.1, -0.05) is 0 Å². The first kappa shape index (κ1) is 24.2. The highest BCUT2D eigenvalue weighted by molar-refractivity contribution is 14.0. The number of aliphatic imine (C=N–C) groups is 1. The number of rotatable bonds is 7. The number of amides is 1. The summed E-state index contributed by atoms with van der Waals surface area (Å²) in [5.74, 6) is 0.850. The van der Waals surface area contributed by atoms with Gasteiger partial charge < -0.3 is 15.5 Å².